The Morgan fingerprint density at radius 2 is 1.86 bits per heavy atom. The third-order valence-electron chi connectivity index (χ3n) is 4.33. The van der Waals surface area contributed by atoms with Gasteiger partial charge in [0.2, 0.25) is 0 Å². The molecule has 0 saturated carbocycles. The van der Waals surface area contributed by atoms with Crippen LogP contribution >= 0.6 is 11.3 Å². The molecule has 146 valence electrons. The van der Waals surface area contributed by atoms with Crippen molar-refractivity contribution in [2.75, 3.05) is 11.6 Å². The van der Waals surface area contributed by atoms with Crippen molar-refractivity contribution in [3.8, 4) is 11.3 Å². The second kappa shape index (κ2) is 8.37. The molecule has 28 heavy (non-hydrogen) atoms. The van der Waals surface area contributed by atoms with E-state index in [1.807, 2.05) is 11.4 Å². The van der Waals surface area contributed by atoms with E-state index in [4.69, 9.17) is 0 Å². The molecule has 6 heteroatoms. The minimum Gasteiger partial charge on any atom is -0.298 e. The van der Waals surface area contributed by atoms with E-state index >= 15 is 0 Å². The number of nitrogens with one attached hydrogen (secondary N) is 1. The fourth-order valence-electron chi connectivity index (χ4n) is 2.81. The second-order valence-electron chi connectivity index (χ2n) is 7.74. The lowest BCUT2D eigenvalue weighted by Crippen LogP contribution is -2.12. The molecule has 0 saturated heterocycles. The molecular formula is C22H24N2O2S2. The van der Waals surface area contributed by atoms with Gasteiger partial charge in [0.1, 0.15) is 0 Å². The van der Waals surface area contributed by atoms with Crippen LogP contribution in [0.25, 0.3) is 11.3 Å². The molecule has 3 aromatic rings. The topological polar surface area (TPSA) is 59.1 Å². The zero-order chi connectivity index (χ0) is 20.3. The molecule has 1 atom stereocenters. The van der Waals surface area contributed by atoms with Crippen molar-refractivity contribution in [1.82, 2.24) is 4.98 Å². The molecule has 1 amide bonds. The van der Waals surface area contributed by atoms with Crippen LogP contribution in [-0.4, -0.2) is 21.4 Å². The highest BCUT2D eigenvalue weighted by Crippen LogP contribution is 2.28. The summed E-state index contributed by atoms with van der Waals surface area (Å²) >= 11 is 1.40. The number of carbonyl (C=O) groups excluding carboxylic acids is 1. The third-order valence-corrected chi connectivity index (χ3v) is 5.83. The lowest BCUT2D eigenvalue weighted by molar-refractivity contribution is 0.102. The molecule has 1 unspecified atom stereocenters. The highest BCUT2D eigenvalue weighted by Gasteiger charge is 2.14. The number of rotatable bonds is 5. The molecule has 2 aromatic carbocycles. The molecule has 3 rings (SSSR count). The first-order valence-electron chi connectivity index (χ1n) is 8.99. The molecule has 1 aromatic heterocycles. The average Bonchev–Trinajstić information content (AvgIpc) is 3.09. The summed E-state index contributed by atoms with van der Waals surface area (Å²) in [6, 6.07) is 15.6. The van der Waals surface area contributed by atoms with Gasteiger partial charge < -0.3 is 0 Å². The zero-order valence-corrected chi connectivity index (χ0v) is 18.1. The maximum absolute atomic E-state index is 12.5. The van der Waals surface area contributed by atoms with Crippen LogP contribution in [0.15, 0.2) is 53.9 Å². The molecule has 0 bridgehead atoms. The van der Waals surface area contributed by atoms with Crippen LogP contribution in [0, 0.1) is 0 Å². The van der Waals surface area contributed by atoms with Crippen LogP contribution in [0.3, 0.4) is 0 Å². The Kier molecular flexibility index (Phi) is 6.10. The Bertz CT molecular complexity index is 1000. The van der Waals surface area contributed by atoms with E-state index in [0.717, 1.165) is 16.8 Å². The summed E-state index contributed by atoms with van der Waals surface area (Å²) in [5.41, 5.74) is 4.67. The Labute approximate surface area is 172 Å². The van der Waals surface area contributed by atoms with Crippen molar-refractivity contribution in [1.29, 1.82) is 0 Å². The van der Waals surface area contributed by atoms with Crippen LogP contribution in [0.2, 0.25) is 0 Å². The third kappa shape index (κ3) is 5.14. The quantitative estimate of drug-likeness (QED) is 0.623. The van der Waals surface area contributed by atoms with Crippen molar-refractivity contribution in [2.24, 2.45) is 0 Å². The molecule has 0 aliphatic rings. The standard InChI is InChI=1S/C22H24N2O2S2/c1-22(2,3)18-10-8-16(9-11-18)19-13-27-21(23-19)24-20(25)17-7-5-6-15(12-17)14-28(4)26/h5-13H,14H2,1-4H3,(H,23,24,25). The Morgan fingerprint density at radius 3 is 2.50 bits per heavy atom. The Morgan fingerprint density at radius 1 is 1.14 bits per heavy atom. The number of amides is 1. The first-order valence-corrected chi connectivity index (χ1v) is 11.6. The minimum atomic E-state index is -0.943. The smallest absolute Gasteiger partial charge is 0.257 e. The van der Waals surface area contributed by atoms with Gasteiger partial charge in [-0.05, 0) is 28.7 Å². The van der Waals surface area contributed by atoms with E-state index in [9.17, 15) is 9.00 Å². The van der Waals surface area contributed by atoms with Crippen molar-refractivity contribution in [3.63, 3.8) is 0 Å². The van der Waals surface area contributed by atoms with E-state index in [-0.39, 0.29) is 11.3 Å². The first kappa shape index (κ1) is 20.4. The van der Waals surface area contributed by atoms with Gasteiger partial charge >= 0.3 is 0 Å². The van der Waals surface area contributed by atoms with Gasteiger partial charge in [0.05, 0.1) is 5.69 Å². The number of hydrogen-bond donors (Lipinski definition) is 1. The lowest BCUT2D eigenvalue weighted by Gasteiger charge is -2.18. The maximum Gasteiger partial charge on any atom is 0.257 e. The molecular weight excluding hydrogens is 388 g/mol. The van der Waals surface area contributed by atoms with E-state index in [1.54, 1.807) is 24.5 Å². The number of benzene rings is 2. The Hall–Kier alpha value is -2.31. The number of anilines is 1. The highest BCUT2D eigenvalue weighted by molar-refractivity contribution is 7.83. The summed E-state index contributed by atoms with van der Waals surface area (Å²) in [7, 11) is -0.943. The predicted molar refractivity (Wildman–Crippen MR) is 118 cm³/mol. The molecule has 0 fully saturated rings. The number of aromatic nitrogens is 1. The van der Waals surface area contributed by atoms with Gasteiger partial charge in [0, 0.05) is 39.3 Å². The molecule has 0 radical (unpaired) electrons. The number of nitrogens with zero attached hydrogens (tertiary/aromatic N) is 1. The molecule has 1 N–H and O–H groups in total. The van der Waals surface area contributed by atoms with Gasteiger partial charge in [0.25, 0.3) is 5.91 Å². The molecule has 0 spiro atoms. The molecule has 0 aliphatic heterocycles. The van der Waals surface area contributed by atoms with Gasteiger partial charge in [-0.1, -0.05) is 57.2 Å². The maximum atomic E-state index is 12.5. The average molecular weight is 413 g/mol. The SMILES string of the molecule is CS(=O)Cc1cccc(C(=O)Nc2nc(-c3ccc(C(C)(C)C)cc3)cs2)c1. The van der Waals surface area contributed by atoms with Gasteiger partial charge in [-0.25, -0.2) is 4.98 Å². The van der Waals surface area contributed by atoms with Crippen LogP contribution in [0.4, 0.5) is 5.13 Å². The van der Waals surface area contributed by atoms with E-state index in [1.165, 1.54) is 16.9 Å². The van der Waals surface area contributed by atoms with Crippen molar-refractivity contribution < 1.29 is 9.00 Å². The number of thiazole rings is 1. The van der Waals surface area contributed by atoms with Crippen LogP contribution in [0.1, 0.15) is 42.3 Å². The van der Waals surface area contributed by atoms with Crippen molar-refractivity contribution in [3.05, 3.63) is 70.6 Å². The fraction of sp³-hybridized carbons (Fsp3) is 0.273. The van der Waals surface area contributed by atoms with Crippen LogP contribution in [-0.2, 0) is 22.0 Å². The Balaban J connectivity index is 1.72. The normalized spacial score (nSPS) is 12.6. The summed E-state index contributed by atoms with van der Waals surface area (Å²) in [6.07, 6.45) is 1.65. The summed E-state index contributed by atoms with van der Waals surface area (Å²) in [5.74, 6) is 0.223. The van der Waals surface area contributed by atoms with Gasteiger partial charge in [-0.15, -0.1) is 11.3 Å². The summed E-state index contributed by atoms with van der Waals surface area (Å²) in [5, 5.41) is 5.36. The van der Waals surface area contributed by atoms with Crippen molar-refractivity contribution >= 4 is 33.2 Å². The molecule has 1 heterocycles. The summed E-state index contributed by atoms with van der Waals surface area (Å²) in [6.45, 7) is 6.56. The number of hydrogen-bond acceptors (Lipinski definition) is 4. The lowest BCUT2D eigenvalue weighted by atomic mass is 9.86. The van der Waals surface area contributed by atoms with E-state index in [2.05, 4.69) is 55.3 Å². The summed E-state index contributed by atoms with van der Waals surface area (Å²) in [4.78, 5) is 17.1. The predicted octanol–water partition coefficient (Wildman–Crippen LogP) is 5.24. The van der Waals surface area contributed by atoms with E-state index in [0.29, 0.717) is 16.4 Å². The molecule has 0 aliphatic carbocycles. The highest BCUT2D eigenvalue weighted by atomic mass is 32.2. The summed E-state index contributed by atoms with van der Waals surface area (Å²) < 4.78 is 11.4. The van der Waals surface area contributed by atoms with Gasteiger partial charge in [0.15, 0.2) is 5.13 Å². The minimum absolute atomic E-state index is 0.110. The number of carbonyl (C=O) groups is 1. The fourth-order valence-corrected chi connectivity index (χ4v) is 4.17. The molecule has 4 nitrogen and oxygen atoms in total. The van der Waals surface area contributed by atoms with Crippen LogP contribution < -0.4 is 5.32 Å². The van der Waals surface area contributed by atoms with Crippen LogP contribution in [0.5, 0.6) is 0 Å². The first-order chi connectivity index (χ1) is 13.2. The van der Waals surface area contributed by atoms with Gasteiger partial charge in [-0.2, -0.15) is 0 Å². The van der Waals surface area contributed by atoms with Gasteiger partial charge in [-0.3, -0.25) is 14.3 Å². The monoisotopic (exact) mass is 412 g/mol. The zero-order valence-electron chi connectivity index (χ0n) is 16.5. The largest absolute Gasteiger partial charge is 0.298 e. The van der Waals surface area contributed by atoms with Crippen molar-refractivity contribution in [2.45, 2.75) is 31.9 Å². The second-order valence-corrected chi connectivity index (χ2v) is 10.0. The van der Waals surface area contributed by atoms with E-state index < -0.39 is 10.8 Å².